The van der Waals surface area contributed by atoms with E-state index in [-0.39, 0.29) is 31.1 Å². The maximum atomic E-state index is 12.9. The van der Waals surface area contributed by atoms with Crippen LogP contribution in [0.4, 0.5) is 0 Å². The minimum absolute atomic E-state index is 0.108. The lowest BCUT2D eigenvalue weighted by Crippen LogP contribution is -2.30. The molecule has 0 fully saturated rings. The zero-order valence-electron chi connectivity index (χ0n) is 52.5. The molecule has 0 heterocycles. The SMILES string of the molecule is CC/C=C\C/C=C\C/C=C\C/C=C\C/C=C\C/C=C\C/C=C\C/C=C\CCCCC(=O)OCC(COC(=O)CCCCCC/C=C\C/C=C\C/C=C\C/C=C\CC)OC(=O)CCCCCCCCCCCCCCCCCCCCC. The van der Waals surface area contributed by atoms with Crippen molar-refractivity contribution in [2.24, 2.45) is 0 Å². The summed E-state index contributed by atoms with van der Waals surface area (Å²) in [5.74, 6) is -0.969. The van der Waals surface area contributed by atoms with Crippen LogP contribution in [0.1, 0.15) is 290 Å². The predicted octanol–water partition coefficient (Wildman–Crippen LogP) is 23.1. The fraction of sp³-hybridized carbons (Fsp3) is 0.640. The lowest BCUT2D eigenvalue weighted by atomic mass is 10.0. The third-order valence-corrected chi connectivity index (χ3v) is 13.8. The van der Waals surface area contributed by atoms with E-state index in [0.717, 1.165) is 141 Å². The second-order valence-electron chi connectivity index (χ2n) is 21.6. The van der Waals surface area contributed by atoms with E-state index in [2.05, 4.69) is 167 Å². The van der Waals surface area contributed by atoms with E-state index in [1.165, 1.54) is 103 Å². The minimum atomic E-state index is -0.813. The van der Waals surface area contributed by atoms with Crippen LogP contribution < -0.4 is 0 Å². The first kappa shape index (κ1) is 76.3. The Morgan fingerprint density at radius 1 is 0.259 bits per heavy atom. The molecule has 1 unspecified atom stereocenters. The molecular weight excluding hydrogens is 997 g/mol. The summed E-state index contributed by atoms with van der Waals surface area (Å²) in [4.78, 5) is 38.4. The zero-order chi connectivity index (χ0) is 58.5. The van der Waals surface area contributed by atoms with Crippen LogP contribution in [0.3, 0.4) is 0 Å². The molecule has 0 aliphatic rings. The summed E-state index contributed by atoms with van der Waals surface area (Å²) in [7, 11) is 0. The van der Waals surface area contributed by atoms with Gasteiger partial charge in [0.1, 0.15) is 13.2 Å². The molecule has 0 radical (unpaired) electrons. The Bertz CT molecular complexity index is 1760. The normalized spacial score (nSPS) is 13.1. The van der Waals surface area contributed by atoms with E-state index in [1.807, 2.05) is 0 Å². The smallest absolute Gasteiger partial charge is 0.306 e. The Morgan fingerprint density at radius 3 is 0.778 bits per heavy atom. The van der Waals surface area contributed by atoms with Gasteiger partial charge in [0.15, 0.2) is 6.10 Å². The zero-order valence-corrected chi connectivity index (χ0v) is 52.5. The van der Waals surface area contributed by atoms with Crippen molar-refractivity contribution in [3.8, 4) is 0 Å². The monoisotopic (exact) mass is 1120 g/mol. The van der Waals surface area contributed by atoms with Crippen LogP contribution in [0.15, 0.2) is 146 Å². The van der Waals surface area contributed by atoms with E-state index in [4.69, 9.17) is 14.2 Å². The van der Waals surface area contributed by atoms with Crippen molar-refractivity contribution in [2.75, 3.05) is 13.2 Å². The van der Waals surface area contributed by atoms with Crippen molar-refractivity contribution in [3.05, 3.63) is 146 Å². The molecule has 6 nitrogen and oxygen atoms in total. The molecule has 0 aromatic carbocycles. The third-order valence-electron chi connectivity index (χ3n) is 13.8. The van der Waals surface area contributed by atoms with Crippen molar-refractivity contribution < 1.29 is 28.6 Å². The highest BCUT2D eigenvalue weighted by Crippen LogP contribution is 2.16. The number of allylic oxidation sites excluding steroid dienone is 24. The molecular formula is C75H122O6. The van der Waals surface area contributed by atoms with Gasteiger partial charge in [-0.25, -0.2) is 0 Å². The number of ether oxygens (including phenoxy) is 3. The average molecular weight is 1120 g/mol. The molecule has 0 rings (SSSR count). The molecule has 0 aromatic heterocycles. The molecule has 0 saturated heterocycles. The van der Waals surface area contributed by atoms with E-state index < -0.39 is 6.10 Å². The van der Waals surface area contributed by atoms with Gasteiger partial charge in [0.2, 0.25) is 0 Å². The molecule has 0 spiro atoms. The predicted molar refractivity (Wildman–Crippen MR) is 352 cm³/mol. The van der Waals surface area contributed by atoms with Gasteiger partial charge in [-0.3, -0.25) is 14.4 Å². The van der Waals surface area contributed by atoms with Gasteiger partial charge in [-0.1, -0.05) is 295 Å². The number of hydrogen-bond donors (Lipinski definition) is 0. The molecule has 0 saturated carbocycles. The summed E-state index contributed by atoms with van der Waals surface area (Å²) in [6, 6.07) is 0. The van der Waals surface area contributed by atoms with E-state index in [1.54, 1.807) is 0 Å². The van der Waals surface area contributed by atoms with Gasteiger partial charge < -0.3 is 14.2 Å². The maximum absolute atomic E-state index is 12.9. The molecule has 0 amide bonds. The van der Waals surface area contributed by atoms with Gasteiger partial charge >= 0.3 is 17.9 Å². The summed E-state index contributed by atoms with van der Waals surface area (Å²) in [5, 5.41) is 0. The number of carbonyl (C=O) groups is 3. The lowest BCUT2D eigenvalue weighted by molar-refractivity contribution is -0.167. The first-order valence-electron chi connectivity index (χ1n) is 33.3. The van der Waals surface area contributed by atoms with Crippen LogP contribution in [0.25, 0.3) is 0 Å². The maximum Gasteiger partial charge on any atom is 0.306 e. The standard InChI is InChI=1S/C75H122O6/c1-4-7-10-13-16-19-22-25-28-31-33-34-35-36-37-38-39-40-42-44-47-50-53-56-59-62-65-68-74(77)80-71-72(70-79-73(76)67-64-61-58-55-52-49-46-43-30-27-24-21-18-15-12-9-6-3)81-75(78)69-66-63-60-57-54-51-48-45-41-32-29-26-23-20-17-14-11-8-5-2/h7,9-10,12,16,18-19,21,25,27-28,30,33-34,36-37,39-40,44,46-47,49,53,56,72H,4-6,8,11,13-15,17,20,22-24,26,29,31-32,35,38,41-43,45,48,50-52,54-55,57-71H2,1-3H3/b10-7-,12-9-,19-16-,21-18-,28-25-,30-27-,34-33-,37-36-,40-39-,47-44-,49-46-,56-53-. The summed E-state index contributed by atoms with van der Waals surface area (Å²) in [6.07, 6.45) is 97.1. The van der Waals surface area contributed by atoms with Crippen LogP contribution in [0.5, 0.6) is 0 Å². The van der Waals surface area contributed by atoms with Gasteiger partial charge in [0.05, 0.1) is 0 Å². The molecule has 0 bridgehead atoms. The molecule has 0 N–H and O–H groups in total. The number of carbonyl (C=O) groups excluding carboxylic acids is 3. The van der Waals surface area contributed by atoms with Crippen LogP contribution in [-0.2, 0) is 28.6 Å². The van der Waals surface area contributed by atoms with Crippen molar-refractivity contribution in [2.45, 2.75) is 297 Å². The highest BCUT2D eigenvalue weighted by Gasteiger charge is 2.19. The lowest BCUT2D eigenvalue weighted by Gasteiger charge is -2.18. The van der Waals surface area contributed by atoms with Crippen molar-refractivity contribution in [1.29, 1.82) is 0 Å². The van der Waals surface area contributed by atoms with Crippen LogP contribution >= 0.6 is 0 Å². The van der Waals surface area contributed by atoms with Gasteiger partial charge in [-0.15, -0.1) is 0 Å². The second-order valence-corrected chi connectivity index (χ2v) is 21.6. The summed E-state index contributed by atoms with van der Waals surface area (Å²) in [6.45, 7) is 6.38. The molecule has 0 aromatic rings. The van der Waals surface area contributed by atoms with Crippen molar-refractivity contribution in [3.63, 3.8) is 0 Å². The largest absolute Gasteiger partial charge is 0.462 e. The quantitative estimate of drug-likeness (QED) is 0.0261. The second kappa shape index (κ2) is 67.8. The van der Waals surface area contributed by atoms with E-state index in [0.29, 0.717) is 25.7 Å². The average Bonchev–Trinajstić information content (AvgIpc) is 3.47. The highest BCUT2D eigenvalue weighted by molar-refractivity contribution is 5.71. The van der Waals surface area contributed by atoms with Gasteiger partial charge in [0.25, 0.3) is 0 Å². The fourth-order valence-electron chi connectivity index (χ4n) is 8.92. The highest BCUT2D eigenvalue weighted by atomic mass is 16.6. The van der Waals surface area contributed by atoms with Crippen molar-refractivity contribution in [1.82, 2.24) is 0 Å². The summed E-state index contributed by atoms with van der Waals surface area (Å²) in [5.41, 5.74) is 0. The molecule has 0 aliphatic heterocycles. The summed E-state index contributed by atoms with van der Waals surface area (Å²) >= 11 is 0. The number of unbranched alkanes of at least 4 members (excludes halogenated alkanes) is 24. The van der Waals surface area contributed by atoms with Gasteiger partial charge in [-0.2, -0.15) is 0 Å². The van der Waals surface area contributed by atoms with Crippen LogP contribution in [-0.4, -0.2) is 37.2 Å². The molecule has 81 heavy (non-hydrogen) atoms. The minimum Gasteiger partial charge on any atom is -0.462 e. The third kappa shape index (κ3) is 66.0. The van der Waals surface area contributed by atoms with Crippen molar-refractivity contribution >= 4 is 17.9 Å². The number of rotatable bonds is 59. The Labute approximate surface area is 499 Å². The fourth-order valence-corrected chi connectivity index (χ4v) is 8.92. The number of esters is 3. The Balaban J connectivity index is 4.49. The first-order chi connectivity index (χ1) is 40.0. The Kier molecular flexibility index (Phi) is 63.9. The van der Waals surface area contributed by atoms with Gasteiger partial charge in [-0.05, 0) is 122 Å². The van der Waals surface area contributed by atoms with E-state index in [9.17, 15) is 14.4 Å². The Morgan fingerprint density at radius 2 is 0.481 bits per heavy atom. The number of hydrogen-bond acceptors (Lipinski definition) is 6. The van der Waals surface area contributed by atoms with E-state index >= 15 is 0 Å². The van der Waals surface area contributed by atoms with Crippen LogP contribution in [0, 0.1) is 0 Å². The Hall–Kier alpha value is -4.71. The van der Waals surface area contributed by atoms with Gasteiger partial charge in [0, 0.05) is 19.3 Å². The molecule has 458 valence electrons. The van der Waals surface area contributed by atoms with Crippen LogP contribution in [0.2, 0.25) is 0 Å². The molecule has 6 heteroatoms. The first-order valence-corrected chi connectivity index (χ1v) is 33.3. The summed E-state index contributed by atoms with van der Waals surface area (Å²) < 4.78 is 16.9. The molecule has 1 atom stereocenters. The molecule has 0 aliphatic carbocycles. The topological polar surface area (TPSA) is 78.9 Å².